The van der Waals surface area contributed by atoms with Crippen LogP contribution in [-0.4, -0.2) is 18.5 Å². The second-order valence-electron chi connectivity index (χ2n) is 4.36. The summed E-state index contributed by atoms with van der Waals surface area (Å²) in [6.45, 7) is 0.734. The number of ether oxygens (including phenoxy) is 1. The molecule has 0 spiro atoms. The van der Waals surface area contributed by atoms with Crippen molar-refractivity contribution in [2.75, 3.05) is 6.61 Å². The summed E-state index contributed by atoms with van der Waals surface area (Å²) in [4.78, 5) is 11.9. The van der Waals surface area contributed by atoms with Crippen LogP contribution < -0.4 is 0 Å². The van der Waals surface area contributed by atoms with E-state index in [0.717, 1.165) is 25.0 Å². The van der Waals surface area contributed by atoms with Gasteiger partial charge in [0.2, 0.25) is 0 Å². The molecule has 1 fully saturated rings. The van der Waals surface area contributed by atoms with Gasteiger partial charge in [-0.1, -0.05) is 24.3 Å². The number of carbonyl (C=O) groups is 1. The summed E-state index contributed by atoms with van der Waals surface area (Å²) in [6, 6.07) is 0. The monoisotopic (exact) mass is 202 g/mol. The first-order valence-electron chi connectivity index (χ1n) is 5.60. The fourth-order valence-corrected chi connectivity index (χ4v) is 2.66. The van der Waals surface area contributed by atoms with Gasteiger partial charge in [0.15, 0.2) is 5.78 Å². The highest BCUT2D eigenvalue weighted by Crippen LogP contribution is 2.36. The molecule has 78 valence electrons. The summed E-state index contributed by atoms with van der Waals surface area (Å²) in [5.41, 5.74) is 2.16. The Labute approximate surface area is 89.3 Å². The van der Waals surface area contributed by atoms with Crippen molar-refractivity contribution >= 4 is 5.78 Å². The first-order chi connectivity index (χ1) is 7.36. The Bertz CT molecular complexity index is 387. The van der Waals surface area contributed by atoms with Crippen molar-refractivity contribution in [3.63, 3.8) is 0 Å². The minimum Gasteiger partial charge on any atom is -0.372 e. The van der Waals surface area contributed by atoms with E-state index in [1.165, 1.54) is 5.57 Å². The van der Waals surface area contributed by atoms with Crippen molar-refractivity contribution in [3.05, 3.63) is 35.5 Å². The van der Waals surface area contributed by atoms with Gasteiger partial charge < -0.3 is 4.74 Å². The van der Waals surface area contributed by atoms with E-state index in [4.69, 9.17) is 4.74 Å². The van der Waals surface area contributed by atoms with Crippen LogP contribution in [0.4, 0.5) is 0 Å². The first kappa shape index (κ1) is 9.10. The molecule has 0 bridgehead atoms. The smallest absolute Gasteiger partial charge is 0.161 e. The van der Waals surface area contributed by atoms with Gasteiger partial charge in [-0.25, -0.2) is 0 Å². The summed E-state index contributed by atoms with van der Waals surface area (Å²) in [7, 11) is 0. The molecule has 2 nitrogen and oxygen atoms in total. The van der Waals surface area contributed by atoms with E-state index >= 15 is 0 Å². The van der Waals surface area contributed by atoms with Gasteiger partial charge in [-0.05, 0) is 18.4 Å². The molecule has 0 aromatic rings. The summed E-state index contributed by atoms with van der Waals surface area (Å²) >= 11 is 0. The fraction of sp³-hybridized carbons (Fsp3) is 0.462. The van der Waals surface area contributed by atoms with Gasteiger partial charge in [-0.3, -0.25) is 4.79 Å². The number of hydrogen-bond donors (Lipinski definition) is 0. The maximum absolute atomic E-state index is 11.9. The number of allylic oxidation sites excluding steroid dienone is 3. The predicted octanol–water partition coefficient (Wildman–Crippen LogP) is 2.18. The van der Waals surface area contributed by atoms with Crippen molar-refractivity contribution in [1.29, 1.82) is 0 Å². The van der Waals surface area contributed by atoms with E-state index in [9.17, 15) is 4.79 Å². The zero-order valence-electron chi connectivity index (χ0n) is 8.61. The minimum atomic E-state index is 0.0775. The van der Waals surface area contributed by atoms with Gasteiger partial charge in [-0.15, -0.1) is 0 Å². The Morgan fingerprint density at radius 3 is 3.20 bits per heavy atom. The van der Waals surface area contributed by atoms with Gasteiger partial charge >= 0.3 is 0 Å². The lowest BCUT2D eigenvalue weighted by Crippen LogP contribution is -2.35. The quantitative estimate of drug-likeness (QED) is 0.601. The number of Topliss-reactive ketones (excluding diaryl/α,β-unsaturated/α-hetero) is 1. The second-order valence-corrected chi connectivity index (χ2v) is 4.36. The van der Waals surface area contributed by atoms with E-state index in [1.807, 2.05) is 12.2 Å². The Morgan fingerprint density at radius 1 is 1.33 bits per heavy atom. The van der Waals surface area contributed by atoms with Crippen molar-refractivity contribution in [2.45, 2.75) is 25.4 Å². The Morgan fingerprint density at radius 2 is 2.27 bits per heavy atom. The first-order valence-corrected chi connectivity index (χ1v) is 5.60. The Kier molecular flexibility index (Phi) is 2.10. The van der Waals surface area contributed by atoms with Crippen LogP contribution in [0.2, 0.25) is 0 Å². The highest BCUT2D eigenvalue weighted by Gasteiger charge is 2.34. The van der Waals surface area contributed by atoms with Gasteiger partial charge in [-0.2, -0.15) is 0 Å². The molecule has 0 amide bonds. The van der Waals surface area contributed by atoms with E-state index in [1.54, 1.807) is 0 Å². The van der Waals surface area contributed by atoms with Crippen molar-refractivity contribution in [3.8, 4) is 0 Å². The van der Waals surface area contributed by atoms with Crippen molar-refractivity contribution < 1.29 is 9.53 Å². The van der Waals surface area contributed by atoms with Gasteiger partial charge in [0.25, 0.3) is 0 Å². The average Bonchev–Trinajstić information content (AvgIpc) is 2.29. The highest BCUT2D eigenvalue weighted by atomic mass is 16.5. The molecule has 2 heteroatoms. The maximum atomic E-state index is 11.9. The molecule has 0 N–H and O–H groups in total. The number of carbonyl (C=O) groups excluding carboxylic acids is 1. The van der Waals surface area contributed by atoms with E-state index < -0.39 is 0 Å². The summed E-state index contributed by atoms with van der Waals surface area (Å²) in [5, 5.41) is 0. The largest absolute Gasteiger partial charge is 0.372 e. The third-order valence-corrected chi connectivity index (χ3v) is 3.41. The second kappa shape index (κ2) is 3.46. The molecular formula is C13H14O2. The van der Waals surface area contributed by atoms with E-state index in [-0.39, 0.29) is 6.10 Å². The SMILES string of the molecule is O=C1CCC[C@H]2OC[C@@H]3C=CC=CC3=C12. The van der Waals surface area contributed by atoms with Gasteiger partial charge in [0.05, 0.1) is 12.7 Å². The number of ketones is 1. The minimum absolute atomic E-state index is 0.0775. The van der Waals surface area contributed by atoms with Crippen LogP contribution >= 0.6 is 0 Å². The lowest BCUT2D eigenvalue weighted by molar-refractivity contribution is -0.119. The normalized spacial score (nSPS) is 34.0. The third-order valence-electron chi connectivity index (χ3n) is 3.41. The van der Waals surface area contributed by atoms with Crippen LogP contribution in [0, 0.1) is 5.92 Å². The molecular weight excluding hydrogens is 188 g/mol. The number of fused-ring (bicyclic) bond motifs is 2. The molecule has 3 aliphatic rings. The fourth-order valence-electron chi connectivity index (χ4n) is 2.66. The molecule has 0 aromatic heterocycles. The van der Waals surface area contributed by atoms with Gasteiger partial charge in [0, 0.05) is 17.9 Å². The zero-order valence-corrected chi connectivity index (χ0v) is 8.61. The van der Waals surface area contributed by atoms with Crippen LogP contribution in [0.15, 0.2) is 35.5 Å². The van der Waals surface area contributed by atoms with Crippen molar-refractivity contribution in [1.82, 2.24) is 0 Å². The molecule has 0 unspecified atom stereocenters. The highest BCUT2D eigenvalue weighted by molar-refractivity contribution is 5.98. The lowest BCUT2D eigenvalue weighted by atomic mass is 9.79. The lowest BCUT2D eigenvalue weighted by Gasteiger charge is -2.34. The Balaban J connectivity index is 2.08. The average molecular weight is 202 g/mol. The van der Waals surface area contributed by atoms with E-state index in [2.05, 4.69) is 12.2 Å². The van der Waals surface area contributed by atoms with Crippen molar-refractivity contribution in [2.24, 2.45) is 5.92 Å². The summed E-state index contributed by atoms with van der Waals surface area (Å²) in [5.74, 6) is 0.606. The van der Waals surface area contributed by atoms with Crippen LogP contribution in [0.1, 0.15) is 19.3 Å². The van der Waals surface area contributed by atoms with Crippen LogP contribution in [0.5, 0.6) is 0 Å². The standard InChI is InChI=1S/C13H14O2/c14-11-6-3-7-12-13(11)10-5-2-1-4-9(10)8-15-12/h1-2,4-5,9,12H,3,6-8H2/t9-,12+/m0/s1. The summed E-state index contributed by atoms with van der Waals surface area (Å²) in [6.07, 6.45) is 11.0. The molecule has 0 aromatic carbocycles. The third kappa shape index (κ3) is 1.40. The molecule has 3 rings (SSSR count). The molecule has 15 heavy (non-hydrogen) atoms. The summed E-state index contributed by atoms with van der Waals surface area (Å²) < 4.78 is 5.76. The van der Waals surface area contributed by atoms with Crippen LogP contribution in [-0.2, 0) is 9.53 Å². The molecule has 0 saturated heterocycles. The number of rotatable bonds is 0. The predicted molar refractivity (Wildman–Crippen MR) is 57.4 cm³/mol. The molecule has 0 radical (unpaired) electrons. The molecule has 2 atom stereocenters. The molecule has 1 saturated carbocycles. The zero-order chi connectivity index (χ0) is 10.3. The Hall–Kier alpha value is -1.15. The van der Waals surface area contributed by atoms with Gasteiger partial charge in [0.1, 0.15) is 0 Å². The van der Waals surface area contributed by atoms with Crippen LogP contribution in [0.25, 0.3) is 0 Å². The molecule has 1 heterocycles. The van der Waals surface area contributed by atoms with E-state index in [0.29, 0.717) is 18.1 Å². The molecule has 2 aliphatic carbocycles. The molecule has 1 aliphatic heterocycles. The number of hydrogen-bond acceptors (Lipinski definition) is 2. The topological polar surface area (TPSA) is 26.3 Å². The van der Waals surface area contributed by atoms with Crippen LogP contribution in [0.3, 0.4) is 0 Å². The maximum Gasteiger partial charge on any atom is 0.161 e.